The van der Waals surface area contributed by atoms with Crippen molar-refractivity contribution in [2.45, 2.75) is 26.3 Å². The van der Waals surface area contributed by atoms with Gasteiger partial charge in [0.05, 0.1) is 11.7 Å². The molecule has 106 valence electrons. The highest BCUT2D eigenvalue weighted by atomic mass is 19.2. The zero-order chi connectivity index (χ0) is 14.5. The molecule has 2 aromatic rings. The van der Waals surface area contributed by atoms with Gasteiger partial charge in [0.15, 0.2) is 11.6 Å². The number of hydrogen-bond donors (Lipinski definition) is 1. The van der Waals surface area contributed by atoms with E-state index in [1.54, 1.807) is 12.3 Å². The number of hydrogen-bond acceptors (Lipinski definition) is 2. The van der Waals surface area contributed by atoms with Gasteiger partial charge in [-0.3, -0.25) is 4.98 Å². The monoisotopic (exact) mass is 276 g/mol. The van der Waals surface area contributed by atoms with E-state index < -0.39 is 17.7 Å². The van der Waals surface area contributed by atoms with Crippen molar-refractivity contribution in [2.24, 2.45) is 0 Å². The fourth-order valence-corrected chi connectivity index (χ4v) is 2.31. The molecule has 0 aliphatic rings. The number of aromatic nitrogens is 1. The van der Waals surface area contributed by atoms with Gasteiger partial charge < -0.3 is 5.32 Å². The van der Waals surface area contributed by atoms with Crippen LogP contribution in [0.15, 0.2) is 36.5 Å². The Morgan fingerprint density at radius 1 is 1.15 bits per heavy atom. The minimum Gasteiger partial charge on any atom is -0.305 e. The Balaban J connectivity index is 2.53. The van der Waals surface area contributed by atoms with Crippen LogP contribution < -0.4 is 5.32 Å². The number of pyridine rings is 1. The lowest BCUT2D eigenvalue weighted by Gasteiger charge is -2.21. The summed E-state index contributed by atoms with van der Waals surface area (Å²) in [7, 11) is 0. The molecular formula is C16H18F2N2. The summed E-state index contributed by atoms with van der Waals surface area (Å²) in [5.74, 6) is -1.65. The largest absolute Gasteiger partial charge is 0.305 e. The second-order valence-electron chi connectivity index (χ2n) is 4.54. The van der Waals surface area contributed by atoms with Crippen molar-refractivity contribution in [1.29, 1.82) is 0 Å². The topological polar surface area (TPSA) is 24.9 Å². The van der Waals surface area contributed by atoms with Crippen LogP contribution in [0.2, 0.25) is 0 Å². The Hall–Kier alpha value is -1.81. The first-order valence-corrected chi connectivity index (χ1v) is 6.80. The van der Waals surface area contributed by atoms with E-state index in [4.69, 9.17) is 0 Å². The fraction of sp³-hybridized carbons (Fsp3) is 0.312. The van der Waals surface area contributed by atoms with Crippen molar-refractivity contribution in [3.63, 3.8) is 0 Å². The summed E-state index contributed by atoms with van der Waals surface area (Å²) in [6, 6.07) is 7.62. The molecule has 1 N–H and O–H groups in total. The predicted molar refractivity (Wildman–Crippen MR) is 75.5 cm³/mol. The normalized spacial score (nSPS) is 12.4. The lowest BCUT2D eigenvalue weighted by Crippen LogP contribution is -2.25. The van der Waals surface area contributed by atoms with Crippen LogP contribution >= 0.6 is 0 Å². The molecule has 0 saturated heterocycles. The minimum absolute atomic E-state index is 0.292. The molecule has 2 rings (SSSR count). The van der Waals surface area contributed by atoms with Crippen molar-refractivity contribution in [3.05, 3.63) is 65.0 Å². The molecule has 2 nitrogen and oxygen atoms in total. The van der Waals surface area contributed by atoms with E-state index in [2.05, 4.69) is 10.3 Å². The van der Waals surface area contributed by atoms with Crippen molar-refractivity contribution in [2.75, 3.05) is 6.54 Å². The van der Waals surface area contributed by atoms with Crippen LogP contribution in [0.25, 0.3) is 0 Å². The van der Waals surface area contributed by atoms with Gasteiger partial charge in [-0.15, -0.1) is 0 Å². The molecule has 1 heterocycles. The second kappa shape index (κ2) is 6.57. The molecule has 0 saturated carbocycles. The van der Waals surface area contributed by atoms with Crippen LogP contribution in [0.3, 0.4) is 0 Å². The molecular weight excluding hydrogens is 258 g/mol. The van der Waals surface area contributed by atoms with E-state index >= 15 is 0 Å². The molecule has 1 aromatic heterocycles. The highest BCUT2D eigenvalue weighted by molar-refractivity contribution is 5.34. The number of benzene rings is 1. The third-order valence-corrected chi connectivity index (χ3v) is 3.28. The number of nitrogens with one attached hydrogen (secondary N) is 1. The molecule has 0 amide bonds. The lowest BCUT2D eigenvalue weighted by atomic mass is 9.97. The molecule has 0 aliphatic heterocycles. The summed E-state index contributed by atoms with van der Waals surface area (Å²) in [4.78, 5) is 4.36. The SMILES string of the molecule is CCNC(c1cccc(F)c1F)c1ncccc1CC. The molecule has 1 atom stereocenters. The van der Waals surface area contributed by atoms with Crippen molar-refractivity contribution in [3.8, 4) is 0 Å². The average molecular weight is 276 g/mol. The van der Waals surface area contributed by atoms with Crippen molar-refractivity contribution in [1.82, 2.24) is 10.3 Å². The Morgan fingerprint density at radius 2 is 1.95 bits per heavy atom. The summed E-state index contributed by atoms with van der Waals surface area (Å²) >= 11 is 0. The third kappa shape index (κ3) is 2.85. The summed E-state index contributed by atoms with van der Waals surface area (Å²) in [5, 5.41) is 3.19. The van der Waals surface area contributed by atoms with Crippen LogP contribution in [0, 0.1) is 11.6 Å². The van der Waals surface area contributed by atoms with Gasteiger partial charge in [-0.2, -0.15) is 0 Å². The summed E-state index contributed by atoms with van der Waals surface area (Å²) in [6.07, 6.45) is 2.47. The fourth-order valence-electron chi connectivity index (χ4n) is 2.31. The van der Waals surface area contributed by atoms with Crippen LogP contribution in [0.5, 0.6) is 0 Å². The standard InChI is InChI=1S/C16H18F2N2/c1-3-11-7-6-10-20-15(11)16(19-4-2)12-8-5-9-13(17)14(12)18/h5-10,16,19H,3-4H2,1-2H3. The van der Waals surface area contributed by atoms with Gasteiger partial charge in [0.2, 0.25) is 0 Å². The van der Waals surface area contributed by atoms with Gasteiger partial charge in [-0.1, -0.05) is 32.0 Å². The molecule has 1 unspecified atom stereocenters. The molecule has 0 aliphatic carbocycles. The molecule has 4 heteroatoms. The zero-order valence-corrected chi connectivity index (χ0v) is 11.7. The van der Waals surface area contributed by atoms with Gasteiger partial charge in [-0.25, -0.2) is 8.78 Å². The smallest absolute Gasteiger partial charge is 0.163 e. The van der Waals surface area contributed by atoms with Gasteiger partial charge >= 0.3 is 0 Å². The summed E-state index contributed by atoms with van der Waals surface area (Å²) in [5.41, 5.74) is 2.07. The lowest BCUT2D eigenvalue weighted by molar-refractivity contribution is 0.480. The maximum absolute atomic E-state index is 14.1. The van der Waals surface area contributed by atoms with Crippen LogP contribution in [0.4, 0.5) is 8.78 Å². The van der Waals surface area contributed by atoms with E-state index in [0.717, 1.165) is 23.7 Å². The number of aryl methyl sites for hydroxylation is 1. The van der Waals surface area contributed by atoms with Crippen LogP contribution in [-0.4, -0.2) is 11.5 Å². The van der Waals surface area contributed by atoms with Gasteiger partial charge in [0.25, 0.3) is 0 Å². The first-order valence-electron chi connectivity index (χ1n) is 6.80. The van der Waals surface area contributed by atoms with Crippen molar-refractivity contribution >= 4 is 0 Å². The molecule has 0 bridgehead atoms. The molecule has 0 spiro atoms. The molecule has 0 fully saturated rings. The Morgan fingerprint density at radius 3 is 2.65 bits per heavy atom. The molecule has 1 aromatic carbocycles. The quantitative estimate of drug-likeness (QED) is 0.902. The Bertz CT molecular complexity index is 584. The van der Waals surface area contributed by atoms with Crippen LogP contribution in [0.1, 0.15) is 36.7 Å². The van der Waals surface area contributed by atoms with E-state index in [1.165, 1.54) is 6.07 Å². The number of rotatable bonds is 5. The molecule has 0 radical (unpaired) electrons. The Kier molecular flexibility index (Phi) is 4.79. The van der Waals surface area contributed by atoms with E-state index in [0.29, 0.717) is 12.1 Å². The number of nitrogens with zero attached hydrogens (tertiary/aromatic N) is 1. The number of halogens is 2. The third-order valence-electron chi connectivity index (χ3n) is 3.28. The summed E-state index contributed by atoms with van der Waals surface area (Å²) in [6.45, 7) is 4.59. The highest BCUT2D eigenvalue weighted by Crippen LogP contribution is 2.26. The minimum atomic E-state index is -0.834. The predicted octanol–water partition coefficient (Wildman–Crippen LogP) is 3.62. The zero-order valence-electron chi connectivity index (χ0n) is 11.7. The van der Waals surface area contributed by atoms with E-state index in [-0.39, 0.29) is 0 Å². The first-order chi connectivity index (χ1) is 9.69. The van der Waals surface area contributed by atoms with Crippen molar-refractivity contribution < 1.29 is 8.78 Å². The van der Waals surface area contributed by atoms with Crippen LogP contribution in [-0.2, 0) is 6.42 Å². The van der Waals surface area contributed by atoms with Gasteiger partial charge in [-0.05, 0) is 30.7 Å². The van der Waals surface area contributed by atoms with E-state index in [9.17, 15) is 8.78 Å². The highest BCUT2D eigenvalue weighted by Gasteiger charge is 2.22. The average Bonchev–Trinajstić information content (AvgIpc) is 2.48. The summed E-state index contributed by atoms with van der Waals surface area (Å²) < 4.78 is 27.5. The van der Waals surface area contributed by atoms with Gasteiger partial charge in [0, 0.05) is 11.8 Å². The maximum Gasteiger partial charge on any atom is 0.163 e. The van der Waals surface area contributed by atoms with Gasteiger partial charge in [0.1, 0.15) is 0 Å². The Labute approximate surface area is 117 Å². The maximum atomic E-state index is 14.1. The molecule has 20 heavy (non-hydrogen) atoms. The first kappa shape index (κ1) is 14.6. The second-order valence-corrected chi connectivity index (χ2v) is 4.54. The van der Waals surface area contributed by atoms with E-state index in [1.807, 2.05) is 26.0 Å².